The molecule has 2 saturated heterocycles. The normalized spacial score (nSPS) is 23.1. The fourth-order valence-electron chi connectivity index (χ4n) is 8.92. The number of nitrogens with zero attached hydrogens (tertiary/aromatic N) is 4. The molecule has 1 spiro atoms. The molecule has 1 aliphatic carbocycles. The lowest BCUT2D eigenvalue weighted by molar-refractivity contribution is -0.0227. The van der Waals surface area contributed by atoms with E-state index in [-0.39, 0.29) is 6.10 Å². The number of hydrogen-bond acceptors (Lipinski definition) is 6. The predicted octanol–water partition coefficient (Wildman–Crippen LogP) is 7.29. The number of benzene rings is 2. The number of aromatic amines is 1. The third kappa shape index (κ3) is 5.02. The lowest BCUT2D eigenvalue weighted by Gasteiger charge is -2.56. The van der Waals surface area contributed by atoms with Gasteiger partial charge in [0.1, 0.15) is 17.4 Å². The largest absolute Gasteiger partial charge is 0.471 e. The van der Waals surface area contributed by atoms with Crippen LogP contribution in [0.15, 0.2) is 60.8 Å². The first kappa shape index (κ1) is 29.4. The van der Waals surface area contributed by atoms with Gasteiger partial charge in [0, 0.05) is 42.4 Å². The fourth-order valence-corrected chi connectivity index (χ4v) is 8.92. The van der Waals surface area contributed by atoms with E-state index >= 15 is 0 Å². The topological polar surface area (TPSA) is 90.7 Å². The van der Waals surface area contributed by atoms with Crippen LogP contribution in [0.3, 0.4) is 0 Å². The molecule has 3 aliphatic heterocycles. The molecule has 8 heteroatoms. The minimum absolute atomic E-state index is 0.0905. The maximum absolute atomic E-state index is 12.7. The number of ether oxygens (including phenoxy) is 1. The van der Waals surface area contributed by atoms with Gasteiger partial charge in [-0.3, -0.25) is 9.69 Å². The smallest absolute Gasteiger partial charge is 0.250 e. The Hall–Kier alpha value is -4.04. The number of hydrogen-bond donors (Lipinski definition) is 2. The summed E-state index contributed by atoms with van der Waals surface area (Å²) in [5.41, 5.74) is 13.6. The summed E-state index contributed by atoms with van der Waals surface area (Å²) in [5.74, 6) is 0.704. The number of H-pyrrole nitrogens is 1. The average Bonchev–Trinajstić information content (AvgIpc) is 3.71. The third-order valence-electron chi connectivity index (χ3n) is 11.3. The molecule has 2 aromatic carbocycles. The number of nitrogens with one attached hydrogen (secondary N) is 1. The third-order valence-corrected chi connectivity index (χ3v) is 11.3. The number of likely N-dealkylation sites (tertiary alicyclic amines) is 1. The van der Waals surface area contributed by atoms with E-state index in [0.29, 0.717) is 41.4 Å². The summed E-state index contributed by atoms with van der Waals surface area (Å²) in [6, 6.07) is 20.7. The molecule has 1 saturated carbocycles. The van der Waals surface area contributed by atoms with E-state index in [9.17, 15) is 4.79 Å². The van der Waals surface area contributed by atoms with Gasteiger partial charge in [0.25, 0.3) is 5.91 Å². The lowest BCUT2D eigenvalue weighted by atomic mass is 9.59. The Kier molecular flexibility index (Phi) is 7.24. The highest BCUT2D eigenvalue weighted by atomic mass is 16.5. The van der Waals surface area contributed by atoms with Crippen molar-refractivity contribution >= 4 is 34.0 Å². The van der Waals surface area contributed by atoms with Gasteiger partial charge in [-0.25, -0.2) is 0 Å². The van der Waals surface area contributed by atoms with Gasteiger partial charge in [-0.2, -0.15) is 4.98 Å². The van der Waals surface area contributed by atoms with Crippen LogP contribution < -0.4 is 20.3 Å². The standard InChI is InChI=1S/C38H46N6O2/c1-24(2)29-7-4-5-8-30(29)32-9-6-16-43(32)28-21-38(22-28)13-17-42(18-14-38)27-10-11-31(35(39)45)33(20-27)44-23-25(3)46-37-34(44)19-26-12-15-40-36(26)41-37/h4-5,7-8,10-12,15,19-20,24-25,28,32H,6,9,13-14,16-18,21-23H2,1-3H3,(H2,39,45)(H,40,41)/t25-,32-/m0/s1. The van der Waals surface area contributed by atoms with Crippen molar-refractivity contribution in [2.75, 3.05) is 36.0 Å². The van der Waals surface area contributed by atoms with Gasteiger partial charge in [-0.05, 0) is 105 Å². The number of primary amides is 1. The van der Waals surface area contributed by atoms with Gasteiger partial charge < -0.3 is 25.3 Å². The number of rotatable bonds is 6. The van der Waals surface area contributed by atoms with Crippen LogP contribution in [0.5, 0.6) is 5.88 Å². The minimum atomic E-state index is -0.424. The van der Waals surface area contributed by atoms with E-state index in [4.69, 9.17) is 15.5 Å². The number of pyridine rings is 1. The summed E-state index contributed by atoms with van der Waals surface area (Å²) in [7, 11) is 0. The average molecular weight is 619 g/mol. The number of fused-ring (bicyclic) bond motifs is 2. The molecule has 8 nitrogen and oxygen atoms in total. The molecule has 2 aromatic heterocycles. The van der Waals surface area contributed by atoms with Crippen LogP contribution in [0.4, 0.5) is 17.1 Å². The van der Waals surface area contributed by atoms with Crippen LogP contribution in [-0.2, 0) is 0 Å². The van der Waals surface area contributed by atoms with E-state index < -0.39 is 5.91 Å². The second-order valence-electron chi connectivity index (χ2n) is 14.6. The first-order valence-electron chi connectivity index (χ1n) is 17.2. The summed E-state index contributed by atoms with van der Waals surface area (Å²) >= 11 is 0. The molecule has 3 fully saturated rings. The van der Waals surface area contributed by atoms with Gasteiger partial charge in [0.05, 0.1) is 17.8 Å². The van der Waals surface area contributed by atoms with Crippen LogP contribution in [0.1, 0.15) is 92.7 Å². The predicted molar refractivity (Wildman–Crippen MR) is 184 cm³/mol. The number of aromatic nitrogens is 2. The zero-order valence-electron chi connectivity index (χ0n) is 27.3. The first-order chi connectivity index (χ1) is 22.3. The zero-order valence-corrected chi connectivity index (χ0v) is 27.3. The van der Waals surface area contributed by atoms with E-state index in [2.05, 4.69) is 76.0 Å². The second-order valence-corrected chi connectivity index (χ2v) is 14.6. The number of carbonyl (C=O) groups excluding carboxylic acids is 1. The van der Waals surface area contributed by atoms with Crippen LogP contribution in [0, 0.1) is 5.41 Å². The quantitative estimate of drug-likeness (QED) is 0.236. The molecular weight excluding hydrogens is 572 g/mol. The second kappa shape index (κ2) is 11.3. The maximum Gasteiger partial charge on any atom is 0.250 e. The number of piperidine rings is 1. The van der Waals surface area contributed by atoms with Gasteiger partial charge >= 0.3 is 0 Å². The van der Waals surface area contributed by atoms with Gasteiger partial charge in [0.2, 0.25) is 5.88 Å². The van der Waals surface area contributed by atoms with E-state index in [1.54, 1.807) is 5.56 Å². The molecule has 240 valence electrons. The molecular formula is C38H46N6O2. The Morgan fingerprint density at radius 3 is 2.63 bits per heavy atom. The van der Waals surface area contributed by atoms with Crippen LogP contribution >= 0.6 is 0 Å². The molecule has 0 radical (unpaired) electrons. The van der Waals surface area contributed by atoms with Crippen molar-refractivity contribution in [1.82, 2.24) is 14.9 Å². The molecule has 5 heterocycles. The number of anilines is 3. The highest BCUT2D eigenvalue weighted by Crippen LogP contribution is 2.54. The summed E-state index contributed by atoms with van der Waals surface area (Å²) in [4.78, 5) is 28.1. The highest BCUT2D eigenvalue weighted by Gasteiger charge is 2.50. The summed E-state index contributed by atoms with van der Waals surface area (Å²) in [6.45, 7) is 10.6. The van der Waals surface area contributed by atoms with Crippen molar-refractivity contribution < 1.29 is 9.53 Å². The molecule has 1 amide bonds. The van der Waals surface area contributed by atoms with Crippen LogP contribution in [0.25, 0.3) is 11.0 Å². The van der Waals surface area contributed by atoms with Gasteiger partial charge in [-0.15, -0.1) is 0 Å². The molecule has 0 bridgehead atoms. The molecule has 8 rings (SSSR count). The highest BCUT2D eigenvalue weighted by molar-refractivity contribution is 6.01. The summed E-state index contributed by atoms with van der Waals surface area (Å²) in [6.07, 6.45) is 9.43. The Bertz CT molecular complexity index is 1760. The van der Waals surface area contributed by atoms with E-state index in [1.165, 1.54) is 50.6 Å². The fraction of sp³-hybridized carbons (Fsp3) is 0.474. The Labute approximate surface area is 271 Å². The number of nitrogens with two attached hydrogens (primary N) is 1. The first-order valence-corrected chi connectivity index (χ1v) is 17.2. The van der Waals surface area contributed by atoms with E-state index in [0.717, 1.165) is 41.2 Å². The Morgan fingerprint density at radius 2 is 1.85 bits per heavy atom. The number of amides is 1. The molecule has 3 N–H and O–H groups in total. The molecule has 4 aromatic rings. The zero-order chi connectivity index (χ0) is 31.6. The van der Waals surface area contributed by atoms with Crippen molar-refractivity contribution in [2.45, 2.75) is 83.4 Å². The summed E-state index contributed by atoms with van der Waals surface area (Å²) < 4.78 is 6.14. The number of carbonyl (C=O) groups is 1. The van der Waals surface area contributed by atoms with Gasteiger partial charge in [-0.1, -0.05) is 38.1 Å². The van der Waals surface area contributed by atoms with Crippen molar-refractivity contribution in [3.63, 3.8) is 0 Å². The monoisotopic (exact) mass is 618 g/mol. The summed E-state index contributed by atoms with van der Waals surface area (Å²) in [5, 5.41) is 1.00. The van der Waals surface area contributed by atoms with E-state index in [1.807, 2.05) is 25.3 Å². The Balaban J connectivity index is 0.991. The molecule has 0 unspecified atom stereocenters. The van der Waals surface area contributed by atoms with Crippen molar-refractivity contribution in [1.29, 1.82) is 0 Å². The molecule has 2 atom stereocenters. The SMILES string of the molecule is CC(C)c1ccccc1[C@@H]1CCCN1C1CC2(CCN(c3ccc(C(N)=O)c(N4C[C@H](C)Oc5nc6[nH]ccc6cc54)c3)CC2)C1. The molecule has 46 heavy (non-hydrogen) atoms. The Morgan fingerprint density at radius 1 is 1.04 bits per heavy atom. The minimum Gasteiger partial charge on any atom is -0.471 e. The van der Waals surface area contributed by atoms with Gasteiger partial charge in [0.15, 0.2) is 0 Å². The van der Waals surface area contributed by atoms with Crippen LogP contribution in [0.2, 0.25) is 0 Å². The van der Waals surface area contributed by atoms with Crippen molar-refractivity contribution in [3.05, 3.63) is 77.5 Å². The van der Waals surface area contributed by atoms with Crippen molar-refractivity contribution in [2.24, 2.45) is 11.1 Å². The lowest BCUT2D eigenvalue weighted by Crippen LogP contribution is -2.55. The van der Waals surface area contributed by atoms with Crippen LogP contribution in [-0.4, -0.2) is 59.1 Å². The van der Waals surface area contributed by atoms with Crippen molar-refractivity contribution in [3.8, 4) is 5.88 Å². The molecule has 4 aliphatic rings. The maximum atomic E-state index is 12.7.